The van der Waals surface area contributed by atoms with E-state index in [2.05, 4.69) is 11.4 Å². The standard InChI is InChI=1S/C14H15FN2OS/c1-14(9-16,10-2-3-10)17-13(18)8-19-12-6-4-11(15)5-7-12/h4-7,10H,2-3,8H2,1H3,(H,17,18)/t14-/m0/s1. The van der Waals surface area contributed by atoms with E-state index < -0.39 is 5.54 Å². The van der Waals surface area contributed by atoms with Crippen molar-refractivity contribution in [2.75, 3.05) is 5.75 Å². The lowest BCUT2D eigenvalue weighted by atomic mass is 9.98. The molecule has 0 aromatic heterocycles. The predicted molar refractivity (Wildman–Crippen MR) is 72.0 cm³/mol. The monoisotopic (exact) mass is 278 g/mol. The van der Waals surface area contributed by atoms with Crippen LogP contribution in [-0.2, 0) is 4.79 Å². The average molecular weight is 278 g/mol. The van der Waals surface area contributed by atoms with Crippen molar-refractivity contribution in [3.63, 3.8) is 0 Å². The van der Waals surface area contributed by atoms with Crippen molar-refractivity contribution in [2.45, 2.75) is 30.2 Å². The Balaban J connectivity index is 1.84. The first-order valence-corrected chi connectivity index (χ1v) is 7.13. The average Bonchev–Trinajstić information content (AvgIpc) is 3.22. The van der Waals surface area contributed by atoms with E-state index in [1.165, 1.54) is 23.9 Å². The van der Waals surface area contributed by atoms with Gasteiger partial charge in [0, 0.05) is 4.90 Å². The van der Waals surface area contributed by atoms with Crippen molar-refractivity contribution in [1.82, 2.24) is 5.32 Å². The van der Waals surface area contributed by atoms with Crippen LogP contribution in [0.1, 0.15) is 19.8 Å². The number of carbonyl (C=O) groups excluding carboxylic acids is 1. The molecule has 0 saturated heterocycles. The molecule has 0 heterocycles. The summed E-state index contributed by atoms with van der Waals surface area (Å²) in [4.78, 5) is 12.7. The fourth-order valence-corrected chi connectivity index (χ4v) is 2.59. The maximum Gasteiger partial charge on any atom is 0.231 e. The summed E-state index contributed by atoms with van der Waals surface area (Å²) in [5, 5.41) is 11.9. The molecule has 0 unspecified atom stereocenters. The predicted octanol–water partition coefficient (Wildman–Crippen LogP) is 2.73. The topological polar surface area (TPSA) is 52.9 Å². The minimum Gasteiger partial charge on any atom is -0.337 e. The van der Waals surface area contributed by atoms with Crippen LogP contribution in [0.4, 0.5) is 4.39 Å². The SMILES string of the molecule is C[C@@](C#N)(NC(=O)CSc1ccc(F)cc1)C1CC1. The highest BCUT2D eigenvalue weighted by Gasteiger charge is 2.42. The van der Waals surface area contributed by atoms with Gasteiger partial charge in [0.25, 0.3) is 0 Å². The molecule has 19 heavy (non-hydrogen) atoms. The molecule has 0 spiro atoms. The molecule has 1 N–H and O–H groups in total. The summed E-state index contributed by atoms with van der Waals surface area (Å²) in [5.41, 5.74) is -0.750. The van der Waals surface area contributed by atoms with E-state index in [1.807, 2.05) is 0 Å². The second kappa shape index (κ2) is 5.62. The van der Waals surface area contributed by atoms with Crippen LogP contribution in [0.5, 0.6) is 0 Å². The fraction of sp³-hybridized carbons (Fsp3) is 0.429. The van der Waals surface area contributed by atoms with Gasteiger partial charge in [-0.15, -0.1) is 11.8 Å². The van der Waals surface area contributed by atoms with Gasteiger partial charge in [-0.05, 0) is 49.9 Å². The Morgan fingerprint density at radius 3 is 2.68 bits per heavy atom. The lowest BCUT2D eigenvalue weighted by Crippen LogP contribution is -2.47. The molecule has 2 rings (SSSR count). The van der Waals surface area contributed by atoms with Gasteiger partial charge in [-0.2, -0.15) is 5.26 Å². The van der Waals surface area contributed by atoms with Gasteiger partial charge in [0.2, 0.25) is 5.91 Å². The number of nitrogens with zero attached hydrogens (tertiary/aromatic N) is 1. The van der Waals surface area contributed by atoms with Crippen LogP contribution in [0.25, 0.3) is 0 Å². The normalized spacial score (nSPS) is 17.3. The molecule has 100 valence electrons. The van der Waals surface area contributed by atoms with Gasteiger partial charge in [0.05, 0.1) is 11.8 Å². The number of nitrogens with one attached hydrogen (secondary N) is 1. The molecule has 1 aromatic carbocycles. The maximum absolute atomic E-state index is 12.7. The summed E-state index contributed by atoms with van der Waals surface area (Å²) in [6.07, 6.45) is 1.99. The Bertz CT molecular complexity index is 507. The molecule has 0 aliphatic heterocycles. The molecule has 1 amide bonds. The van der Waals surface area contributed by atoms with Gasteiger partial charge < -0.3 is 5.32 Å². The van der Waals surface area contributed by atoms with Crippen molar-refractivity contribution >= 4 is 17.7 Å². The summed E-state index contributed by atoms with van der Waals surface area (Å²) in [6.45, 7) is 1.77. The van der Waals surface area contributed by atoms with Crippen LogP contribution in [-0.4, -0.2) is 17.2 Å². The van der Waals surface area contributed by atoms with Crippen LogP contribution >= 0.6 is 11.8 Å². The summed E-state index contributed by atoms with van der Waals surface area (Å²) in [7, 11) is 0. The van der Waals surface area contributed by atoms with Crippen molar-refractivity contribution in [1.29, 1.82) is 5.26 Å². The number of rotatable bonds is 5. The number of hydrogen-bond donors (Lipinski definition) is 1. The molecule has 5 heteroatoms. The van der Waals surface area contributed by atoms with E-state index in [-0.39, 0.29) is 23.4 Å². The van der Waals surface area contributed by atoms with Crippen molar-refractivity contribution < 1.29 is 9.18 Å². The summed E-state index contributed by atoms with van der Waals surface area (Å²) in [6, 6.07) is 8.19. The molecule has 1 aliphatic carbocycles. The number of carbonyl (C=O) groups is 1. The highest BCUT2D eigenvalue weighted by molar-refractivity contribution is 8.00. The summed E-state index contributed by atoms with van der Waals surface area (Å²) < 4.78 is 12.7. The zero-order chi connectivity index (χ0) is 13.9. The maximum atomic E-state index is 12.7. The number of nitriles is 1. The first-order chi connectivity index (χ1) is 9.03. The van der Waals surface area contributed by atoms with E-state index in [0.717, 1.165) is 17.7 Å². The largest absolute Gasteiger partial charge is 0.337 e. The molecule has 3 nitrogen and oxygen atoms in total. The summed E-state index contributed by atoms with van der Waals surface area (Å²) in [5.74, 6) is 0.0532. The molecule has 1 aromatic rings. The first-order valence-electron chi connectivity index (χ1n) is 6.14. The number of benzene rings is 1. The highest BCUT2D eigenvalue weighted by Crippen LogP contribution is 2.39. The van der Waals surface area contributed by atoms with Gasteiger partial charge in [-0.25, -0.2) is 4.39 Å². The van der Waals surface area contributed by atoms with Crippen LogP contribution < -0.4 is 5.32 Å². The zero-order valence-corrected chi connectivity index (χ0v) is 11.5. The van der Waals surface area contributed by atoms with E-state index in [0.29, 0.717) is 0 Å². The van der Waals surface area contributed by atoms with Crippen molar-refractivity contribution in [3.05, 3.63) is 30.1 Å². The van der Waals surface area contributed by atoms with Gasteiger partial charge in [0.15, 0.2) is 0 Å². The van der Waals surface area contributed by atoms with E-state index >= 15 is 0 Å². The van der Waals surface area contributed by atoms with E-state index in [1.54, 1.807) is 19.1 Å². The van der Waals surface area contributed by atoms with Crippen LogP contribution in [0.2, 0.25) is 0 Å². The molecule has 1 atom stereocenters. The van der Waals surface area contributed by atoms with Crippen molar-refractivity contribution in [3.8, 4) is 6.07 Å². The quantitative estimate of drug-likeness (QED) is 0.843. The second-order valence-corrected chi connectivity index (χ2v) is 5.93. The number of hydrogen-bond acceptors (Lipinski definition) is 3. The molecular formula is C14H15FN2OS. The van der Waals surface area contributed by atoms with E-state index in [9.17, 15) is 9.18 Å². The Morgan fingerprint density at radius 2 is 2.16 bits per heavy atom. The number of amides is 1. The van der Waals surface area contributed by atoms with Gasteiger partial charge in [-0.3, -0.25) is 4.79 Å². The fourth-order valence-electron chi connectivity index (χ4n) is 1.89. The Kier molecular flexibility index (Phi) is 4.11. The minimum absolute atomic E-state index is 0.162. The molecule has 1 saturated carbocycles. The third-order valence-corrected chi connectivity index (χ3v) is 4.22. The van der Waals surface area contributed by atoms with Crippen LogP contribution in [0.3, 0.4) is 0 Å². The summed E-state index contributed by atoms with van der Waals surface area (Å²) >= 11 is 1.33. The number of halogens is 1. The van der Waals surface area contributed by atoms with E-state index in [4.69, 9.17) is 5.26 Å². The van der Waals surface area contributed by atoms with Gasteiger partial charge in [0.1, 0.15) is 11.4 Å². The highest BCUT2D eigenvalue weighted by atomic mass is 32.2. The lowest BCUT2D eigenvalue weighted by molar-refractivity contribution is -0.119. The van der Waals surface area contributed by atoms with Crippen LogP contribution in [0.15, 0.2) is 29.2 Å². The molecular weight excluding hydrogens is 263 g/mol. The molecule has 1 fully saturated rings. The molecule has 0 bridgehead atoms. The smallest absolute Gasteiger partial charge is 0.231 e. The van der Waals surface area contributed by atoms with Gasteiger partial charge >= 0.3 is 0 Å². The molecule has 1 aliphatic rings. The Morgan fingerprint density at radius 1 is 1.53 bits per heavy atom. The third kappa shape index (κ3) is 3.71. The minimum atomic E-state index is -0.750. The second-order valence-electron chi connectivity index (χ2n) is 4.88. The zero-order valence-electron chi connectivity index (χ0n) is 10.6. The Labute approximate surface area is 116 Å². The molecule has 0 radical (unpaired) electrons. The van der Waals surface area contributed by atoms with Gasteiger partial charge in [-0.1, -0.05) is 0 Å². The third-order valence-electron chi connectivity index (χ3n) is 3.21. The first kappa shape index (κ1) is 13.9. The Hall–Kier alpha value is -1.54. The van der Waals surface area contributed by atoms with Crippen molar-refractivity contribution in [2.24, 2.45) is 5.92 Å². The lowest BCUT2D eigenvalue weighted by Gasteiger charge is -2.22. The number of thioether (sulfide) groups is 1. The van der Waals surface area contributed by atoms with Crippen LogP contribution in [0, 0.1) is 23.1 Å².